The first-order chi connectivity index (χ1) is 6.27. The summed E-state index contributed by atoms with van der Waals surface area (Å²) in [6.07, 6.45) is 1.70. The van der Waals surface area contributed by atoms with Crippen LogP contribution in [0.15, 0.2) is 22.8 Å². The molecule has 0 amide bonds. The van der Waals surface area contributed by atoms with E-state index in [0.717, 1.165) is 17.4 Å². The van der Waals surface area contributed by atoms with Crippen LogP contribution in [-0.4, -0.2) is 17.7 Å². The highest BCUT2D eigenvalue weighted by Crippen LogP contribution is 2.21. The van der Waals surface area contributed by atoms with Gasteiger partial charge in [-0.15, -0.1) is 0 Å². The SMILES string of the molecule is C[C@@H]1NC(=S)NC[C@@H]1c1ccco1. The van der Waals surface area contributed by atoms with Crippen LogP contribution in [0.5, 0.6) is 0 Å². The molecule has 2 N–H and O–H groups in total. The maximum Gasteiger partial charge on any atom is 0.166 e. The van der Waals surface area contributed by atoms with Crippen molar-refractivity contribution in [3.8, 4) is 0 Å². The largest absolute Gasteiger partial charge is 0.469 e. The Bertz CT molecular complexity index is 297. The zero-order valence-corrected chi connectivity index (χ0v) is 8.23. The molecule has 1 aromatic rings. The van der Waals surface area contributed by atoms with Crippen LogP contribution in [-0.2, 0) is 0 Å². The van der Waals surface area contributed by atoms with Crippen molar-refractivity contribution < 1.29 is 4.42 Å². The Morgan fingerprint density at radius 3 is 3.08 bits per heavy atom. The van der Waals surface area contributed by atoms with Crippen molar-refractivity contribution in [1.82, 2.24) is 10.6 Å². The molecule has 1 aromatic heterocycles. The van der Waals surface area contributed by atoms with Crippen LogP contribution in [0.2, 0.25) is 0 Å². The molecule has 2 heterocycles. The van der Waals surface area contributed by atoms with Gasteiger partial charge in [0.05, 0.1) is 12.2 Å². The van der Waals surface area contributed by atoms with E-state index in [1.54, 1.807) is 6.26 Å². The molecule has 13 heavy (non-hydrogen) atoms. The minimum Gasteiger partial charge on any atom is -0.469 e. The summed E-state index contributed by atoms with van der Waals surface area (Å²) in [4.78, 5) is 0. The standard InChI is InChI=1S/C9H12N2OS/c1-6-7(5-10-9(13)11-6)8-3-2-4-12-8/h2-4,6-7H,5H2,1H3,(H2,10,11,13)/t6-,7-/m0/s1. The Balaban J connectivity index is 2.12. The maximum absolute atomic E-state index is 5.36. The molecule has 3 nitrogen and oxygen atoms in total. The molecule has 0 saturated carbocycles. The Morgan fingerprint density at radius 1 is 1.62 bits per heavy atom. The molecule has 0 aromatic carbocycles. The zero-order chi connectivity index (χ0) is 9.26. The van der Waals surface area contributed by atoms with E-state index in [-0.39, 0.29) is 0 Å². The van der Waals surface area contributed by atoms with Crippen LogP contribution >= 0.6 is 12.2 Å². The van der Waals surface area contributed by atoms with Crippen LogP contribution in [0.1, 0.15) is 18.6 Å². The second-order valence-electron chi connectivity index (χ2n) is 3.26. The van der Waals surface area contributed by atoms with E-state index >= 15 is 0 Å². The first-order valence-electron chi connectivity index (χ1n) is 4.35. The van der Waals surface area contributed by atoms with Crippen molar-refractivity contribution >= 4 is 17.3 Å². The molecule has 0 unspecified atom stereocenters. The first kappa shape index (κ1) is 8.56. The average molecular weight is 196 g/mol. The lowest BCUT2D eigenvalue weighted by atomic mass is 9.97. The Labute approximate surface area is 82.5 Å². The third-order valence-electron chi connectivity index (χ3n) is 2.35. The molecule has 1 fully saturated rings. The first-order valence-corrected chi connectivity index (χ1v) is 4.76. The van der Waals surface area contributed by atoms with E-state index in [2.05, 4.69) is 17.6 Å². The molecule has 1 aliphatic rings. The molecule has 2 rings (SSSR count). The van der Waals surface area contributed by atoms with Gasteiger partial charge < -0.3 is 15.1 Å². The van der Waals surface area contributed by atoms with E-state index in [1.165, 1.54) is 0 Å². The molecular formula is C9H12N2OS. The number of furan rings is 1. The summed E-state index contributed by atoms with van der Waals surface area (Å²) in [5.41, 5.74) is 0. The van der Waals surface area contributed by atoms with Gasteiger partial charge in [0.1, 0.15) is 5.76 Å². The summed E-state index contributed by atoms with van der Waals surface area (Å²) in [6, 6.07) is 4.24. The second-order valence-corrected chi connectivity index (χ2v) is 3.67. The number of rotatable bonds is 1. The van der Waals surface area contributed by atoms with Crippen LogP contribution in [0, 0.1) is 0 Å². The van der Waals surface area contributed by atoms with E-state index in [0.29, 0.717) is 12.0 Å². The molecule has 0 radical (unpaired) electrons. The van der Waals surface area contributed by atoms with Crippen LogP contribution in [0.4, 0.5) is 0 Å². The van der Waals surface area contributed by atoms with Crippen molar-refractivity contribution in [3.63, 3.8) is 0 Å². The molecule has 4 heteroatoms. The van der Waals surface area contributed by atoms with E-state index < -0.39 is 0 Å². The lowest BCUT2D eigenvalue weighted by Crippen LogP contribution is -2.52. The van der Waals surface area contributed by atoms with Crippen molar-refractivity contribution in [2.24, 2.45) is 0 Å². The Hall–Kier alpha value is -1.03. The average Bonchev–Trinajstić information content (AvgIpc) is 2.56. The van der Waals surface area contributed by atoms with Gasteiger partial charge in [-0.3, -0.25) is 0 Å². The van der Waals surface area contributed by atoms with Crippen LogP contribution < -0.4 is 10.6 Å². The number of hydrogen-bond acceptors (Lipinski definition) is 2. The van der Waals surface area contributed by atoms with Gasteiger partial charge in [0.2, 0.25) is 0 Å². The molecular weight excluding hydrogens is 184 g/mol. The third-order valence-corrected chi connectivity index (χ3v) is 2.62. The molecule has 1 saturated heterocycles. The van der Waals surface area contributed by atoms with Gasteiger partial charge in [0, 0.05) is 12.6 Å². The molecule has 2 atom stereocenters. The molecule has 1 aliphatic heterocycles. The summed E-state index contributed by atoms with van der Waals surface area (Å²) in [5.74, 6) is 1.37. The minimum absolute atomic E-state index is 0.333. The number of hydrogen-bond donors (Lipinski definition) is 2. The monoisotopic (exact) mass is 196 g/mol. The smallest absolute Gasteiger partial charge is 0.166 e. The second kappa shape index (κ2) is 3.38. The normalized spacial score (nSPS) is 27.9. The molecule has 0 spiro atoms. The summed E-state index contributed by atoms with van der Waals surface area (Å²) in [6.45, 7) is 2.96. The Morgan fingerprint density at radius 2 is 2.46 bits per heavy atom. The lowest BCUT2D eigenvalue weighted by molar-refractivity contribution is 0.391. The van der Waals surface area contributed by atoms with Crippen LogP contribution in [0.25, 0.3) is 0 Å². The van der Waals surface area contributed by atoms with Crippen LogP contribution in [0.3, 0.4) is 0 Å². The third kappa shape index (κ3) is 1.67. The highest BCUT2D eigenvalue weighted by Gasteiger charge is 2.26. The van der Waals surface area contributed by atoms with Gasteiger partial charge in [0.15, 0.2) is 5.11 Å². The van der Waals surface area contributed by atoms with Gasteiger partial charge in [0.25, 0.3) is 0 Å². The maximum atomic E-state index is 5.36. The Kier molecular flexibility index (Phi) is 2.22. The van der Waals surface area contributed by atoms with Gasteiger partial charge in [-0.25, -0.2) is 0 Å². The van der Waals surface area contributed by atoms with Crippen molar-refractivity contribution in [2.45, 2.75) is 18.9 Å². The molecule has 0 aliphatic carbocycles. The fourth-order valence-electron chi connectivity index (χ4n) is 1.59. The predicted molar refractivity (Wildman–Crippen MR) is 54.6 cm³/mol. The van der Waals surface area contributed by atoms with E-state index in [1.807, 2.05) is 12.1 Å². The van der Waals surface area contributed by atoms with Gasteiger partial charge in [-0.05, 0) is 31.3 Å². The van der Waals surface area contributed by atoms with Crippen molar-refractivity contribution in [1.29, 1.82) is 0 Å². The quantitative estimate of drug-likeness (QED) is 0.662. The van der Waals surface area contributed by atoms with Crippen molar-refractivity contribution in [3.05, 3.63) is 24.2 Å². The zero-order valence-electron chi connectivity index (χ0n) is 7.41. The molecule has 70 valence electrons. The van der Waals surface area contributed by atoms with Gasteiger partial charge in [-0.2, -0.15) is 0 Å². The summed E-state index contributed by atoms with van der Waals surface area (Å²) >= 11 is 5.01. The molecule has 0 bridgehead atoms. The topological polar surface area (TPSA) is 37.2 Å². The van der Waals surface area contributed by atoms with Gasteiger partial charge in [-0.1, -0.05) is 0 Å². The van der Waals surface area contributed by atoms with Crippen molar-refractivity contribution in [2.75, 3.05) is 6.54 Å². The van der Waals surface area contributed by atoms with E-state index in [9.17, 15) is 0 Å². The van der Waals surface area contributed by atoms with E-state index in [4.69, 9.17) is 16.6 Å². The minimum atomic E-state index is 0.333. The fourth-order valence-corrected chi connectivity index (χ4v) is 1.86. The highest BCUT2D eigenvalue weighted by molar-refractivity contribution is 7.80. The summed E-state index contributed by atoms with van der Waals surface area (Å²) in [7, 11) is 0. The predicted octanol–water partition coefficient (Wildman–Crippen LogP) is 1.23. The summed E-state index contributed by atoms with van der Waals surface area (Å²) in [5, 5.41) is 7.02. The number of thiocarbonyl (C=S) groups is 1. The fraction of sp³-hybridized carbons (Fsp3) is 0.444. The van der Waals surface area contributed by atoms with Gasteiger partial charge >= 0.3 is 0 Å². The highest BCUT2D eigenvalue weighted by atomic mass is 32.1. The summed E-state index contributed by atoms with van der Waals surface area (Å²) < 4.78 is 5.36. The lowest BCUT2D eigenvalue weighted by Gasteiger charge is -2.30. The number of nitrogens with one attached hydrogen (secondary N) is 2.